The topological polar surface area (TPSA) is 29.5 Å². The first kappa shape index (κ1) is 4.77. The van der Waals surface area contributed by atoms with E-state index in [2.05, 4.69) is 0 Å². The van der Waals surface area contributed by atoms with E-state index in [0.29, 0.717) is 0 Å². The first-order valence-electron chi connectivity index (χ1n) is 3.13. The molecule has 1 unspecified atom stereocenters. The molecule has 1 spiro atoms. The molecule has 2 fully saturated rings. The minimum atomic E-state index is -0.428. The van der Waals surface area contributed by atoms with E-state index in [1.54, 1.807) is 0 Å². The van der Waals surface area contributed by atoms with Gasteiger partial charge in [-0.05, 0) is 19.3 Å². The Hall–Kier alpha value is -0.0800. The smallest absolute Gasteiger partial charge is 0.160 e. The maximum atomic E-state index is 9.10. The van der Waals surface area contributed by atoms with Crippen LogP contribution in [0.2, 0.25) is 0 Å². The number of aliphatic hydroxyl groups excluding tert-OH is 1. The summed E-state index contributed by atoms with van der Waals surface area (Å²) >= 11 is 0. The summed E-state index contributed by atoms with van der Waals surface area (Å²) in [4.78, 5) is 0. The van der Waals surface area contributed by atoms with E-state index in [-0.39, 0.29) is 5.41 Å². The molecular formula is C6H10O2. The fraction of sp³-hybridized carbons (Fsp3) is 1.00. The largest absolute Gasteiger partial charge is 0.367 e. The summed E-state index contributed by atoms with van der Waals surface area (Å²) in [6.07, 6.45) is 3.00. The molecule has 0 aromatic rings. The summed E-state index contributed by atoms with van der Waals surface area (Å²) in [5, 5.41) is 9.10. The van der Waals surface area contributed by atoms with Crippen molar-refractivity contribution in [2.75, 3.05) is 6.61 Å². The van der Waals surface area contributed by atoms with Gasteiger partial charge in [0.05, 0.1) is 6.61 Å². The average molecular weight is 114 g/mol. The van der Waals surface area contributed by atoms with E-state index in [4.69, 9.17) is 9.84 Å². The molecule has 2 aliphatic rings. The highest BCUT2D eigenvalue weighted by molar-refractivity contribution is 4.98. The monoisotopic (exact) mass is 114 g/mol. The molecule has 1 saturated carbocycles. The van der Waals surface area contributed by atoms with Crippen molar-refractivity contribution >= 4 is 0 Å². The predicted octanol–water partition coefficient (Wildman–Crippen LogP) is 0.505. The van der Waals surface area contributed by atoms with Crippen LogP contribution in [0.25, 0.3) is 0 Å². The highest BCUT2D eigenvalue weighted by Crippen LogP contribution is 2.55. The molecular weight excluding hydrogens is 104 g/mol. The third-order valence-corrected chi connectivity index (χ3v) is 2.29. The van der Waals surface area contributed by atoms with E-state index >= 15 is 0 Å². The fourth-order valence-corrected chi connectivity index (χ4v) is 1.33. The fourth-order valence-electron chi connectivity index (χ4n) is 1.33. The Morgan fingerprint density at radius 3 is 2.38 bits per heavy atom. The summed E-state index contributed by atoms with van der Waals surface area (Å²) in [7, 11) is 0. The van der Waals surface area contributed by atoms with Gasteiger partial charge in [0.25, 0.3) is 0 Å². The van der Waals surface area contributed by atoms with E-state index < -0.39 is 6.29 Å². The molecule has 0 amide bonds. The van der Waals surface area contributed by atoms with Crippen LogP contribution in [0.15, 0.2) is 0 Å². The highest BCUT2D eigenvalue weighted by atomic mass is 16.6. The van der Waals surface area contributed by atoms with E-state index in [9.17, 15) is 0 Å². The van der Waals surface area contributed by atoms with Gasteiger partial charge in [0.2, 0.25) is 0 Å². The lowest BCUT2D eigenvalue weighted by molar-refractivity contribution is -0.0892. The quantitative estimate of drug-likeness (QED) is 0.497. The zero-order chi connectivity index (χ0) is 5.61. The first-order chi connectivity index (χ1) is 3.83. The van der Waals surface area contributed by atoms with Gasteiger partial charge in [-0.2, -0.15) is 0 Å². The number of ether oxygens (including phenoxy) is 1. The van der Waals surface area contributed by atoms with Crippen LogP contribution >= 0.6 is 0 Å². The van der Waals surface area contributed by atoms with Crippen molar-refractivity contribution in [3.05, 3.63) is 0 Å². The minimum Gasteiger partial charge on any atom is -0.367 e. The summed E-state index contributed by atoms with van der Waals surface area (Å²) in [5.41, 5.74) is 0.236. The van der Waals surface area contributed by atoms with Gasteiger partial charge >= 0.3 is 0 Å². The molecule has 0 bridgehead atoms. The van der Waals surface area contributed by atoms with Crippen LogP contribution in [0.4, 0.5) is 0 Å². The maximum Gasteiger partial charge on any atom is 0.160 e. The number of hydrogen-bond acceptors (Lipinski definition) is 2. The molecule has 2 heteroatoms. The molecule has 8 heavy (non-hydrogen) atoms. The van der Waals surface area contributed by atoms with Gasteiger partial charge in [0, 0.05) is 5.41 Å². The molecule has 2 rings (SSSR count). The molecule has 0 aromatic carbocycles. The second kappa shape index (κ2) is 1.25. The van der Waals surface area contributed by atoms with Crippen molar-refractivity contribution in [3.63, 3.8) is 0 Å². The van der Waals surface area contributed by atoms with Gasteiger partial charge in [0.15, 0.2) is 6.29 Å². The lowest BCUT2D eigenvalue weighted by Gasteiger charge is -2.07. The van der Waals surface area contributed by atoms with Gasteiger partial charge < -0.3 is 9.84 Å². The van der Waals surface area contributed by atoms with Crippen LogP contribution in [0.1, 0.15) is 19.3 Å². The van der Waals surface area contributed by atoms with E-state index in [1.807, 2.05) is 0 Å². The first-order valence-corrected chi connectivity index (χ1v) is 3.13. The molecule has 1 heterocycles. The van der Waals surface area contributed by atoms with Gasteiger partial charge in [-0.25, -0.2) is 0 Å². The summed E-state index contributed by atoms with van der Waals surface area (Å²) in [5.74, 6) is 0. The van der Waals surface area contributed by atoms with Gasteiger partial charge in [-0.15, -0.1) is 0 Å². The Morgan fingerprint density at radius 2 is 2.12 bits per heavy atom. The molecule has 1 N–H and O–H groups in total. The van der Waals surface area contributed by atoms with Gasteiger partial charge in [-0.1, -0.05) is 0 Å². The molecule has 1 aliphatic heterocycles. The normalized spacial score (nSPS) is 40.9. The third kappa shape index (κ3) is 0.446. The zero-order valence-electron chi connectivity index (χ0n) is 4.76. The van der Waals surface area contributed by atoms with E-state index in [1.165, 1.54) is 12.8 Å². The molecule has 46 valence electrons. The van der Waals surface area contributed by atoms with Crippen LogP contribution in [-0.4, -0.2) is 18.0 Å². The SMILES string of the molecule is OC1OCCC12CC2. The van der Waals surface area contributed by atoms with E-state index in [0.717, 1.165) is 13.0 Å². The number of aliphatic hydroxyl groups is 1. The molecule has 2 nitrogen and oxygen atoms in total. The Morgan fingerprint density at radius 1 is 1.38 bits per heavy atom. The minimum absolute atomic E-state index is 0.236. The van der Waals surface area contributed by atoms with Crippen LogP contribution in [0.3, 0.4) is 0 Å². The van der Waals surface area contributed by atoms with Crippen LogP contribution in [0.5, 0.6) is 0 Å². The summed E-state index contributed by atoms with van der Waals surface area (Å²) in [6, 6.07) is 0. The molecule has 1 aliphatic carbocycles. The Kier molecular flexibility index (Phi) is 0.746. The van der Waals surface area contributed by atoms with Crippen molar-refractivity contribution in [2.45, 2.75) is 25.6 Å². The maximum absolute atomic E-state index is 9.10. The summed E-state index contributed by atoms with van der Waals surface area (Å²) in [6.45, 7) is 0.765. The van der Waals surface area contributed by atoms with Crippen LogP contribution < -0.4 is 0 Å². The lowest BCUT2D eigenvalue weighted by atomic mass is 10.1. The average Bonchev–Trinajstić information content (AvgIpc) is 2.39. The van der Waals surface area contributed by atoms with Crippen LogP contribution in [0, 0.1) is 5.41 Å². The van der Waals surface area contributed by atoms with Crippen molar-refractivity contribution < 1.29 is 9.84 Å². The highest BCUT2D eigenvalue weighted by Gasteiger charge is 2.52. The molecule has 0 aromatic heterocycles. The predicted molar refractivity (Wildman–Crippen MR) is 28.2 cm³/mol. The van der Waals surface area contributed by atoms with Gasteiger partial charge in [0.1, 0.15) is 0 Å². The number of hydrogen-bond donors (Lipinski definition) is 1. The molecule has 0 radical (unpaired) electrons. The zero-order valence-corrected chi connectivity index (χ0v) is 4.76. The van der Waals surface area contributed by atoms with Crippen molar-refractivity contribution in [1.82, 2.24) is 0 Å². The number of rotatable bonds is 0. The lowest BCUT2D eigenvalue weighted by Crippen LogP contribution is -2.14. The van der Waals surface area contributed by atoms with Crippen molar-refractivity contribution in [2.24, 2.45) is 5.41 Å². The Balaban J connectivity index is 2.12. The van der Waals surface area contributed by atoms with Crippen LogP contribution in [-0.2, 0) is 4.74 Å². The molecule has 1 atom stereocenters. The van der Waals surface area contributed by atoms with Gasteiger partial charge in [-0.3, -0.25) is 0 Å². The van der Waals surface area contributed by atoms with Crippen molar-refractivity contribution in [3.8, 4) is 0 Å². The second-order valence-corrected chi connectivity index (χ2v) is 2.84. The second-order valence-electron chi connectivity index (χ2n) is 2.84. The Labute approximate surface area is 48.5 Å². The molecule has 1 saturated heterocycles. The Bertz CT molecular complexity index is 107. The standard InChI is InChI=1S/C6H10O2/c7-5-6(1-2-6)3-4-8-5/h5,7H,1-4H2. The van der Waals surface area contributed by atoms with Crippen molar-refractivity contribution in [1.29, 1.82) is 0 Å². The third-order valence-electron chi connectivity index (χ3n) is 2.29. The summed E-state index contributed by atoms with van der Waals surface area (Å²) < 4.78 is 4.99.